The average Bonchev–Trinajstić information content (AvgIpc) is 1.35. The minimum Gasteiger partial charge on any atom is -0.234 e. The van der Waals surface area contributed by atoms with Gasteiger partial charge in [-0.15, -0.1) is 0 Å². The van der Waals surface area contributed by atoms with Crippen molar-refractivity contribution >= 4 is 25.1 Å². The number of nitrogens with zero attached hydrogens (tertiary/aromatic N) is 1. The zero-order chi connectivity index (χ0) is 4.99. The topological polar surface area (TPSA) is 12.5 Å². The molecule has 0 N–H and O–H groups in total. The van der Waals surface area contributed by atoms with Crippen LogP contribution in [0.5, 0.6) is 0 Å². The summed E-state index contributed by atoms with van der Waals surface area (Å²) in [5, 5.41) is 0. The molecule has 0 saturated carbocycles. The molecule has 0 aliphatic heterocycles. The number of thiol groups is 1. The van der Waals surface area contributed by atoms with E-state index in [0.717, 1.165) is 0 Å². The first-order valence-electron chi connectivity index (χ1n) is 1.43. The summed E-state index contributed by atoms with van der Waals surface area (Å²) in [5.41, 5.74) is 0. The van der Waals surface area contributed by atoms with Gasteiger partial charge in [-0.1, -0.05) is 0 Å². The summed E-state index contributed by atoms with van der Waals surface area (Å²) in [6.07, 6.45) is 0. The van der Waals surface area contributed by atoms with Crippen molar-refractivity contribution in [2.45, 2.75) is 0 Å². The molecule has 0 unspecified atom stereocenters. The van der Waals surface area contributed by atoms with Gasteiger partial charge >= 0.3 is 0 Å². The highest BCUT2D eigenvalue weighted by Crippen LogP contribution is 2.05. The van der Waals surface area contributed by atoms with Crippen LogP contribution < -0.4 is 0 Å². The lowest BCUT2D eigenvalue weighted by atomic mass is 11.3. The second-order valence-electron chi connectivity index (χ2n) is 0.961. The smallest absolute Gasteiger partial charge is 0.0954 e. The summed E-state index contributed by atoms with van der Waals surface area (Å²) < 4.78 is 6.14. The molecule has 0 aliphatic rings. The van der Waals surface area contributed by atoms with Crippen LogP contribution in [0.25, 0.3) is 0 Å². The molecule has 0 amide bonds. The SMILES string of the molecule is CN(C)SOS. The molecule has 2 nitrogen and oxygen atoms in total. The van der Waals surface area contributed by atoms with Crippen molar-refractivity contribution in [2.75, 3.05) is 14.1 Å². The second kappa shape index (κ2) is 3.80. The Morgan fingerprint density at radius 2 is 2.17 bits per heavy atom. The van der Waals surface area contributed by atoms with Gasteiger partial charge < -0.3 is 0 Å². The Hall–Kier alpha value is 0.620. The molecule has 6 heavy (non-hydrogen) atoms. The highest BCUT2D eigenvalue weighted by Gasteiger charge is 1.82. The van der Waals surface area contributed by atoms with Crippen LogP contribution in [0, 0.1) is 0 Å². The summed E-state index contributed by atoms with van der Waals surface area (Å²) in [7, 11) is 3.75. The maximum absolute atomic E-state index is 4.34. The summed E-state index contributed by atoms with van der Waals surface area (Å²) in [5.74, 6) is 0. The Morgan fingerprint density at radius 1 is 1.67 bits per heavy atom. The number of hydrogen-bond donors (Lipinski definition) is 1. The van der Waals surface area contributed by atoms with Crippen molar-refractivity contribution in [1.82, 2.24) is 4.31 Å². The van der Waals surface area contributed by atoms with E-state index in [1.165, 1.54) is 12.2 Å². The standard InChI is InChI=1S/C2H7NOS2/c1-3(2)6-4-5/h5H,1-2H3. The third-order valence-corrected chi connectivity index (χ3v) is 0.747. The summed E-state index contributed by atoms with van der Waals surface area (Å²) in [4.78, 5) is 0. The summed E-state index contributed by atoms with van der Waals surface area (Å²) in [6, 6.07) is 0. The minimum absolute atomic E-state index is 1.18. The van der Waals surface area contributed by atoms with Gasteiger partial charge in [0.25, 0.3) is 0 Å². The van der Waals surface area contributed by atoms with E-state index in [-0.39, 0.29) is 0 Å². The van der Waals surface area contributed by atoms with Crippen molar-refractivity contribution in [3.05, 3.63) is 0 Å². The molecule has 0 atom stereocenters. The van der Waals surface area contributed by atoms with Gasteiger partial charge in [0.1, 0.15) is 0 Å². The van der Waals surface area contributed by atoms with E-state index in [4.69, 9.17) is 0 Å². The van der Waals surface area contributed by atoms with Crippen LogP contribution in [0.4, 0.5) is 0 Å². The van der Waals surface area contributed by atoms with Crippen LogP contribution in [0.2, 0.25) is 0 Å². The quantitative estimate of drug-likeness (QED) is 0.336. The predicted octanol–water partition coefficient (Wildman–Crippen LogP) is 0.973. The van der Waals surface area contributed by atoms with Crippen LogP contribution in [-0.2, 0) is 3.63 Å². The molecule has 0 bridgehead atoms. The first-order valence-corrected chi connectivity index (χ1v) is 2.49. The Kier molecular flexibility index (Phi) is 4.19. The Balaban J connectivity index is 2.63. The fourth-order valence-corrected chi connectivity index (χ4v) is 0.600. The van der Waals surface area contributed by atoms with Gasteiger partial charge in [-0.2, -0.15) is 0 Å². The molecular formula is C2H7NOS2. The summed E-state index contributed by atoms with van der Waals surface area (Å²) in [6.45, 7) is 0. The molecular weight excluding hydrogens is 118 g/mol. The molecule has 0 heterocycles. The molecule has 0 aromatic carbocycles. The van der Waals surface area contributed by atoms with Gasteiger partial charge in [-0.3, -0.25) is 0 Å². The molecule has 0 radical (unpaired) electrons. The second-order valence-corrected chi connectivity index (χ2v) is 2.44. The van der Waals surface area contributed by atoms with E-state index in [2.05, 4.69) is 16.5 Å². The van der Waals surface area contributed by atoms with Crippen molar-refractivity contribution in [3.8, 4) is 0 Å². The highest BCUT2D eigenvalue weighted by molar-refractivity contribution is 7.99. The first kappa shape index (κ1) is 6.62. The van der Waals surface area contributed by atoms with Crippen molar-refractivity contribution in [1.29, 1.82) is 0 Å². The van der Waals surface area contributed by atoms with E-state index in [9.17, 15) is 0 Å². The molecule has 0 saturated heterocycles. The van der Waals surface area contributed by atoms with Crippen molar-refractivity contribution < 1.29 is 3.63 Å². The van der Waals surface area contributed by atoms with Gasteiger partial charge in [0.2, 0.25) is 0 Å². The molecule has 38 valence electrons. The van der Waals surface area contributed by atoms with Crippen LogP contribution in [-0.4, -0.2) is 18.4 Å². The fourth-order valence-electron chi connectivity index (χ4n) is 0.0667. The lowest BCUT2D eigenvalue weighted by Crippen LogP contribution is -1.96. The molecule has 4 heteroatoms. The maximum atomic E-state index is 4.34. The average molecular weight is 125 g/mol. The number of rotatable bonds is 2. The largest absolute Gasteiger partial charge is 0.234 e. The summed E-state index contributed by atoms with van der Waals surface area (Å²) >= 11 is 4.66. The van der Waals surface area contributed by atoms with Crippen LogP contribution in [0.1, 0.15) is 0 Å². The Labute approximate surface area is 47.8 Å². The Morgan fingerprint density at radius 3 is 2.17 bits per heavy atom. The normalized spacial score (nSPS) is 10.0. The minimum atomic E-state index is 1.18. The highest BCUT2D eigenvalue weighted by atomic mass is 32.2. The predicted molar refractivity (Wildman–Crippen MR) is 31.3 cm³/mol. The molecule has 0 aliphatic carbocycles. The van der Waals surface area contributed by atoms with Gasteiger partial charge in [-0.05, 0) is 27.0 Å². The zero-order valence-electron chi connectivity index (χ0n) is 3.71. The molecule has 0 fully saturated rings. The molecule has 0 aromatic rings. The van der Waals surface area contributed by atoms with E-state index in [1.54, 1.807) is 4.31 Å². The van der Waals surface area contributed by atoms with Gasteiger partial charge in [0.05, 0.1) is 12.2 Å². The third kappa shape index (κ3) is 4.62. The molecule has 0 spiro atoms. The monoisotopic (exact) mass is 125 g/mol. The van der Waals surface area contributed by atoms with Gasteiger partial charge in [0, 0.05) is 0 Å². The molecule has 0 rings (SSSR count). The van der Waals surface area contributed by atoms with E-state index in [0.29, 0.717) is 0 Å². The van der Waals surface area contributed by atoms with Gasteiger partial charge in [-0.25, -0.2) is 7.93 Å². The Bertz CT molecular complexity index is 32.7. The lowest BCUT2D eigenvalue weighted by Gasteiger charge is -2.00. The number of hydrogen-bond acceptors (Lipinski definition) is 4. The molecule has 0 aromatic heterocycles. The van der Waals surface area contributed by atoms with Gasteiger partial charge in [0.15, 0.2) is 0 Å². The van der Waals surface area contributed by atoms with Crippen molar-refractivity contribution in [3.63, 3.8) is 0 Å². The zero-order valence-corrected chi connectivity index (χ0v) is 5.42. The van der Waals surface area contributed by atoms with Crippen LogP contribution >= 0.6 is 25.1 Å². The third-order valence-electron chi connectivity index (χ3n) is 0.182. The van der Waals surface area contributed by atoms with Crippen LogP contribution in [0.3, 0.4) is 0 Å². The fraction of sp³-hybridized carbons (Fsp3) is 1.00. The van der Waals surface area contributed by atoms with Crippen LogP contribution in [0.15, 0.2) is 0 Å². The maximum Gasteiger partial charge on any atom is 0.0954 e. The van der Waals surface area contributed by atoms with E-state index >= 15 is 0 Å². The van der Waals surface area contributed by atoms with E-state index < -0.39 is 0 Å². The van der Waals surface area contributed by atoms with Crippen molar-refractivity contribution in [2.24, 2.45) is 0 Å². The lowest BCUT2D eigenvalue weighted by molar-refractivity contribution is 0.631. The first-order chi connectivity index (χ1) is 2.77. The van der Waals surface area contributed by atoms with E-state index in [1.807, 2.05) is 14.1 Å².